The van der Waals surface area contributed by atoms with Gasteiger partial charge in [-0.2, -0.15) is 5.26 Å². The van der Waals surface area contributed by atoms with E-state index < -0.39 is 15.9 Å². The molecule has 18 heavy (non-hydrogen) atoms. The average molecular weight is 271 g/mol. The molecular formula is C10H7ClN2O5. The van der Waals surface area contributed by atoms with Crippen molar-refractivity contribution in [3.8, 4) is 17.6 Å². The highest BCUT2D eigenvalue weighted by Gasteiger charge is 2.28. The number of hydrogen-bond acceptors (Lipinski definition) is 6. The minimum absolute atomic E-state index is 0.196. The number of rotatable bonds is 4. The zero-order valence-corrected chi connectivity index (χ0v) is 10.1. The summed E-state index contributed by atoms with van der Waals surface area (Å²) in [5.41, 5.74) is -1.01. The summed E-state index contributed by atoms with van der Waals surface area (Å²) in [6.07, 6.45) is 0. The summed E-state index contributed by atoms with van der Waals surface area (Å²) in [4.78, 5) is 21.3. The fraction of sp³-hybridized carbons (Fsp3) is 0.200. The molecule has 0 heterocycles. The lowest BCUT2D eigenvalue weighted by atomic mass is 10.1. The van der Waals surface area contributed by atoms with E-state index >= 15 is 0 Å². The number of nitro groups is 1. The van der Waals surface area contributed by atoms with Crippen LogP contribution in [0.2, 0.25) is 0 Å². The van der Waals surface area contributed by atoms with Crippen LogP contribution in [0.3, 0.4) is 0 Å². The predicted octanol–water partition coefficient (Wildman–Crippen LogP) is 1.86. The van der Waals surface area contributed by atoms with Crippen molar-refractivity contribution in [2.75, 3.05) is 14.2 Å². The number of ether oxygens (including phenoxy) is 2. The molecule has 0 amide bonds. The SMILES string of the molecule is COc1c([N+](=O)[O-])cc(C(=O)Cl)c(C#N)c1OC. The highest BCUT2D eigenvalue weighted by Crippen LogP contribution is 2.41. The van der Waals surface area contributed by atoms with E-state index in [9.17, 15) is 14.9 Å². The van der Waals surface area contributed by atoms with Gasteiger partial charge in [-0.15, -0.1) is 0 Å². The van der Waals surface area contributed by atoms with Gasteiger partial charge < -0.3 is 9.47 Å². The van der Waals surface area contributed by atoms with Crippen molar-refractivity contribution in [1.82, 2.24) is 0 Å². The third kappa shape index (κ3) is 2.19. The molecule has 0 saturated carbocycles. The lowest BCUT2D eigenvalue weighted by Crippen LogP contribution is -2.04. The third-order valence-corrected chi connectivity index (χ3v) is 2.35. The molecule has 0 fully saturated rings. The standard InChI is InChI=1S/C10H7ClN2O5/c1-17-8-6(4-12)5(10(11)14)3-7(13(15)16)9(8)18-2/h3H,1-2H3. The fourth-order valence-corrected chi connectivity index (χ4v) is 1.57. The minimum Gasteiger partial charge on any atom is -0.491 e. The Balaban J connectivity index is 3.80. The van der Waals surface area contributed by atoms with Crippen molar-refractivity contribution >= 4 is 22.5 Å². The van der Waals surface area contributed by atoms with Crippen LogP contribution in [0.25, 0.3) is 0 Å². The highest BCUT2D eigenvalue weighted by molar-refractivity contribution is 6.68. The van der Waals surface area contributed by atoms with E-state index in [0.717, 1.165) is 6.07 Å². The summed E-state index contributed by atoms with van der Waals surface area (Å²) >= 11 is 5.28. The molecule has 0 aromatic heterocycles. The number of nitro benzene ring substituents is 1. The number of carbonyl (C=O) groups excluding carboxylic acids is 1. The Labute approximate surface area is 107 Å². The number of nitrogens with zero attached hydrogens (tertiary/aromatic N) is 2. The zero-order valence-electron chi connectivity index (χ0n) is 9.39. The second-order valence-corrected chi connectivity index (χ2v) is 3.37. The molecule has 0 saturated heterocycles. The van der Waals surface area contributed by atoms with Crippen LogP contribution in [0.1, 0.15) is 15.9 Å². The molecule has 0 unspecified atom stereocenters. The van der Waals surface area contributed by atoms with Crippen molar-refractivity contribution < 1.29 is 19.2 Å². The maximum atomic E-state index is 11.2. The van der Waals surface area contributed by atoms with Crippen LogP contribution in [0.5, 0.6) is 11.5 Å². The van der Waals surface area contributed by atoms with Gasteiger partial charge in [0.05, 0.1) is 24.7 Å². The van der Waals surface area contributed by atoms with Gasteiger partial charge in [-0.05, 0) is 11.6 Å². The maximum absolute atomic E-state index is 11.2. The monoisotopic (exact) mass is 270 g/mol. The quantitative estimate of drug-likeness (QED) is 0.470. The Hall–Kier alpha value is -2.33. The number of benzene rings is 1. The van der Waals surface area contributed by atoms with Crippen LogP contribution >= 0.6 is 11.6 Å². The normalized spacial score (nSPS) is 9.44. The van der Waals surface area contributed by atoms with Gasteiger partial charge in [-0.1, -0.05) is 0 Å². The summed E-state index contributed by atoms with van der Waals surface area (Å²) in [5.74, 6) is -0.432. The average Bonchev–Trinajstić information content (AvgIpc) is 2.35. The van der Waals surface area contributed by atoms with E-state index in [1.807, 2.05) is 0 Å². The van der Waals surface area contributed by atoms with Gasteiger partial charge in [0.2, 0.25) is 5.75 Å². The molecule has 1 rings (SSSR count). The van der Waals surface area contributed by atoms with Gasteiger partial charge >= 0.3 is 5.69 Å². The van der Waals surface area contributed by atoms with Crippen molar-refractivity contribution in [3.63, 3.8) is 0 Å². The van der Waals surface area contributed by atoms with Crippen LogP contribution in [-0.2, 0) is 0 Å². The van der Waals surface area contributed by atoms with E-state index in [1.165, 1.54) is 14.2 Å². The lowest BCUT2D eigenvalue weighted by Gasteiger charge is -2.11. The van der Waals surface area contributed by atoms with Gasteiger partial charge in [0.25, 0.3) is 5.24 Å². The topological polar surface area (TPSA) is 102 Å². The number of carbonyl (C=O) groups is 1. The molecule has 8 heteroatoms. The Kier molecular flexibility index (Phi) is 4.07. The molecule has 7 nitrogen and oxygen atoms in total. The van der Waals surface area contributed by atoms with E-state index in [-0.39, 0.29) is 22.6 Å². The molecule has 0 N–H and O–H groups in total. The second kappa shape index (κ2) is 5.33. The molecule has 0 aliphatic rings. The van der Waals surface area contributed by atoms with Crippen LogP contribution < -0.4 is 9.47 Å². The first-order chi connectivity index (χ1) is 8.47. The summed E-state index contributed by atoms with van der Waals surface area (Å²) in [6.45, 7) is 0. The van der Waals surface area contributed by atoms with E-state index in [2.05, 4.69) is 0 Å². The molecule has 0 aliphatic heterocycles. The van der Waals surface area contributed by atoms with Crippen LogP contribution in [-0.4, -0.2) is 24.4 Å². The number of hydrogen-bond donors (Lipinski definition) is 0. The van der Waals surface area contributed by atoms with Crippen LogP contribution in [0, 0.1) is 21.4 Å². The zero-order chi connectivity index (χ0) is 13.9. The maximum Gasteiger partial charge on any atom is 0.315 e. The lowest BCUT2D eigenvalue weighted by molar-refractivity contribution is -0.385. The summed E-state index contributed by atoms with van der Waals surface area (Å²) in [6, 6.07) is 2.59. The molecular weight excluding hydrogens is 264 g/mol. The summed E-state index contributed by atoms with van der Waals surface area (Å²) in [7, 11) is 2.39. The molecule has 1 aromatic rings. The van der Waals surface area contributed by atoms with Gasteiger partial charge in [-0.25, -0.2) is 0 Å². The van der Waals surface area contributed by atoms with Crippen molar-refractivity contribution in [2.24, 2.45) is 0 Å². The van der Waals surface area contributed by atoms with Crippen LogP contribution in [0.4, 0.5) is 5.69 Å². The predicted molar refractivity (Wildman–Crippen MR) is 61.1 cm³/mol. The van der Waals surface area contributed by atoms with Gasteiger partial charge in [0, 0.05) is 6.07 Å². The van der Waals surface area contributed by atoms with E-state index in [4.69, 9.17) is 26.3 Å². The van der Waals surface area contributed by atoms with Crippen molar-refractivity contribution in [2.45, 2.75) is 0 Å². The van der Waals surface area contributed by atoms with Crippen LogP contribution in [0.15, 0.2) is 6.07 Å². The number of methoxy groups -OCH3 is 2. The summed E-state index contributed by atoms with van der Waals surface area (Å²) in [5, 5.41) is 18.8. The molecule has 0 radical (unpaired) electrons. The highest BCUT2D eigenvalue weighted by atomic mass is 35.5. The van der Waals surface area contributed by atoms with E-state index in [0.29, 0.717) is 0 Å². The van der Waals surface area contributed by atoms with Gasteiger partial charge in [-0.3, -0.25) is 14.9 Å². The molecule has 0 atom stereocenters. The first-order valence-corrected chi connectivity index (χ1v) is 4.89. The molecule has 94 valence electrons. The Bertz CT molecular complexity index is 564. The number of nitriles is 1. The second-order valence-electron chi connectivity index (χ2n) is 3.03. The third-order valence-electron chi connectivity index (χ3n) is 2.14. The van der Waals surface area contributed by atoms with Crippen molar-refractivity contribution in [1.29, 1.82) is 5.26 Å². The first kappa shape index (κ1) is 13.7. The molecule has 0 aliphatic carbocycles. The van der Waals surface area contributed by atoms with Crippen molar-refractivity contribution in [3.05, 3.63) is 27.3 Å². The smallest absolute Gasteiger partial charge is 0.315 e. The van der Waals surface area contributed by atoms with Gasteiger partial charge in [0.15, 0.2) is 5.75 Å². The molecule has 0 spiro atoms. The minimum atomic E-state index is -0.990. The molecule has 1 aromatic carbocycles. The molecule has 0 bridgehead atoms. The van der Waals surface area contributed by atoms with E-state index in [1.54, 1.807) is 6.07 Å². The first-order valence-electron chi connectivity index (χ1n) is 4.51. The number of halogens is 1. The Morgan fingerprint density at radius 3 is 2.33 bits per heavy atom. The fourth-order valence-electron chi connectivity index (χ4n) is 1.42. The summed E-state index contributed by atoms with van der Waals surface area (Å²) < 4.78 is 9.71. The van der Waals surface area contributed by atoms with Gasteiger partial charge in [0.1, 0.15) is 11.6 Å². The largest absolute Gasteiger partial charge is 0.491 e. The Morgan fingerprint density at radius 1 is 1.44 bits per heavy atom. The Morgan fingerprint density at radius 2 is 2.00 bits per heavy atom.